The maximum atomic E-state index is 4.65. The predicted octanol–water partition coefficient (Wildman–Crippen LogP) is 10.0. The molecule has 3 atom stereocenters. The Hall–Kier alpha value is -1.80. The van der Waals surface area contributed by atoms with Gasteiger partial charge in [-0.15, -0.1) is 0 Å². The summed E-state index contributed by atoms with van der Waals surface area (Å²) in [6.07, 6.45) is 11.9. The van der Waals surface area contributed by atoms with E-state index in [-0.39, 0.29) is 17.5 Å². The van der Waals surface area contributed by atoms with Crippen molar-refractivity contribution in [2.75, 3.05) is 13.6 Å². The zero-order valence-corrected chi connectivity index (χ0v) is 27.2. The van der Waals surface area contributed by atoms with Crippen LogP contribution in [-0.4, -0.2) is 30.6 Å². The van der Waals surface area contributed by atoms with Crippen molar-refractivity contribution in [1.29, 1.82) is 0 Å². The largest absolute Gasteiger partial charge is 0.371 e. The second-order valence-electron chi connectivity index (χ2n) is 14.2. The molecule has 0 saturated heterocycles. The third-order valence-electron chi connectivity index (χ3n) is 8.78. The summed E-state index contributed by atoms with van der Waals surface area (Å²) in [4.78, 5) is 2.37. The Balaban J connectivity index is 3.19. The van der Waals surface area contributed by atoms with Crippen LogP contribution in [0.2, 0.25) is 0 Å². The average Bonchev–Trinajstić information content (AvgIpc) is 2.81. The Bertz CT molecular complexity index is 894. The Morgan fingerprint density at radius 2 is 1.61 bits per heavy atom. The van der Waals surface area contributed by atoms with Gasteiger partial charge < -0.3 is 10.2 Å². The standard InChI is InChI=1S/C36H62N2/c1-16-27(6)32(33(26(4)5)23-35(10,11)12)18-17-29(8)38(15)30(9)34(37-24-28(7)25(2)3)31-19-21-36(13,14)22-20-31/h17-18,29,31,33-34,37H,2,4,7,9,16,19-24H2,1,3,5-6,8,10-15H3/b18-17-,32-27+. The van der Waals surface area contributed by atoms with Gasteiger partial charge in [0, 0.05) is 37.3 Å². The van der Waals surface area contributed by atoms with Gasteiger partial charge in [-0.2, -0.15) is 0 Å². The number of nitrogens with zero attached hydrogens (tertiary/aromatic N) is 1. The molecule has 0 spiro atoms. The zero-order valence-electron chi connectivity index (χ0n) is 27.2. The Labute approximate surface area is 238 Å². The minimum absolute atomic E-state index is 0.233. The molecule has 2 nitrogen and oxygen atoms in total. The molecule has 1 aliphatic carbocycles. The van der Waals surface area contributed by atoms with Crippen LogP contribution in [0.3, 0.4) is 0 Å². The van der Waals surface area contributed by atoms with Gasteiger partial charge in [-0.1, -0.05) is 96.7 Å². The second-order valence-corrected chi connectivity index (χ2v) is 14.2. The van der Waals surface area contributed by atoms with Crippen LogP contribution in [0.15, 0.2) is 72.0 Å². The van der Waals surface area contributed by atoms with Gasteiger partial charge in [-0.3, -0.25) is 0 Å². The summed E-state index contributed by atoms with van der Waals surface area (Å²) in [5, 5.41) is 3.84. The van der Waals surface area contributed by atoms with Gasteiger partial charge in [0.1, 0.15) is 0 Å². The summed E-state index contributed by atoms with van der Waals surface area (Å²) < 4.78 is 0. The Kier molecular flexibility index (Phi) is 13.1. The molecule has 2 heteroatoms. The van der Waals surface area contributed by atoms with Gasteiger partial charge in [0.15, 0.2) is 0 Å². The van der Waals surface area contributed by atoms with Crippen molar-refractivity contribution in [1.82, 2.24) is 10.2 Å². The molecular weight excluding hydrogens is 460 g/mol. The fourth-order valence-corrected chi connectivity index (χ4v) is 5.47. The minimum atomic E-state index is 0.233. The summed E-state index contributed by atoms with van der Waals surface area (Å²) >= 11 is 0. The van der Waals surface area contributed by atoms with Crippen LogP contribution in [-0.2, 0) is 0 Å². The van der Waals surface area contributed by atoms with Gasteiger partial charge >= 0.3 is 0 Å². The topological polar surface area (TPSA) is 15.3 Å². The van der Waals surface area contributed by atoms with E-state index in [9.17, 15) is 0 Å². The number of hydrogen-bond donors (Lipinski definition) is 1. The van der Waals surface area contributed by atoms with E-state index >= 15 is 0 Å². The molecule has 0 bridgehead atoms. The molecule has 38 heavy (non-hydrogen) atoms. The fraction of sp³-hybridized carbons (Fsp3) is 0.667. The number of likely N-dealkylation sites (N-methyl/N-ethyl adjacent to an activating group) is 1. The van der Waals surface area contributed by atoms with Crippen LogP contribution >= 0.6 is 0 Å². The highest BCUT2D eigenvalue weighted by Crippen LogP contribution is 2.41. The lowest BCUT2D eigenvalue weighted by molar-refractivity contribution is 0.159. The lowest BCUT2D eigenvalue weighted by atomic mass is 9.70. The Morgan fingerprint density at radius 1 is 1.05 bits per heavy atom. The van der Waals surface area contributed by atoms with Crippen molar-refractivity contribution >= 4 is 0 Å². The molecule has 1 fully saturated rings. The van der Waals surface area contributed by atoms with Gasteiger partial charge in [0.2, 0.25) is 0 Å². The first-order chi connectivity index (χ1) is 17.4. The van der Waals surface area contributed by atoms with Gasteiger partial charge in [-0.05, 0) is 94.1 Å². The van der Waals surface area contributed by atoms with Crippen LogP contribution in [0.25, 0.3) is 0 Å². The number of allylic oxidation sites excluding steroid dienone is 4. The van der Waals surface area contributed by atoms with Gasteiger partial charge in [0.05, 0.1) is 0 Å². The number of hydrogen-bond acceptors (Lipinski definition) is 2. The quantitative estimate of drug-likeness (QED) is 0.180. The van der Waals surface area contributed by atoms with Crippen LogP contribution in [0, 0.1) is 22.7 Å². The molecule has 1 saturated carbocycles. The van der Waals surface area contributed by atoms with E-state index < -0.39 is 0 Å². The zero-order chi connectivity index (χ0) is 29.4. The van der Waals surface area contributed by atoms with Crippen LogP contribution in [0.4, 0.5) is 0 Å². The van der Waals surface area contributed by atoms with Crippen LogP contribution < -0.4 is 5.32 Å². The lowest BCUT2D eigenvalue weighted by Crippen LogP contribution is -2.46. The molecule has 216 valence electrons. The third-order valence-corrected chi connectivity index (χ3v) is 8.78. The normalized spacial score (nSPS) is 19.4. The molecule has 0 aromatic heterocycles. The molecule has 0 radical (unpaired) electrons. The van der Waals surface area contributed by atoms with E-state index in [4.69, 9.17) is 0 Å². The van der Waals surface area contributed by atoms with Crippen molar-refractivity contribution < 1.29 is 0 Å². The smallest absolute Gasteiger partial charge is 0.0496 e. The summed E-state index contributed by atoms with van der Waals surface area (Å²) in [5.74, 6) is 0.963. The van der Waals surface area contributed by atoms with Crippen molar-refractivity contribution in [3.63, 3.8) is 0 Å². The maximum absolute atomic E-state index is 4.65. The number of nitrogens with one attached hydrogen (secondary N) is 1. The monoisotopic (exact) mass is 522 g/mol. The van der Waals surface area contributed by atoms with Crippen LogP contribution in [0.5, 0.6) is 0 Å². The molecule has 0 amide bonds. The van der Waals surface area contributed by atoms with E-state index in [1.807, 2.05) is 6.92 Å². The summed E-state index contributed by atoms with van der Waals surface area (Å²) in [6.45, 7) is 41.0. The van der Waals surface area contributed by atoms with Crippen molar-refractivity contribution in [3.8, 4) is 0 Å². The highest BCUT2D eigenvalue weighted by atomic mass is 15.2. The van der Waals surface area contributed by atoms with E-state index in [2.05, 4.69) is 118 Å². The summed E-state index contributed by atoms with van der Waals surface area (Å²) in [6, 6.07) is 0.468. The molecule has 1 aliphatic rings. The van der Waals surface area contributed by atoms with E-state index in [1.165, 1.54) is 48.1 Å². The SMILES string of the molecule is C=C(C)C(=C)CNC(C(=C)N(C)C(C)/C=C\C(=C(\C)CC)C(CC(C)(C)C)C(=C)C)C1CCC(C)(C)CC1. The molecule has 1 N–H and O–H groups in total. The van der Waals surface area contributed by atoms with E-state index in [1.54, 1.807) is 0 Å². The molecule has 0 aromatic rings. The van der Waals surface area contributed by atoms with Gasteiger partial charge in [-0.25, -0.2) is 0 Å². The first-order valence-electron chi connectivity index (χ1n) is 14.9. The summed E-state index contributed by atoms with van der Waals surface area (Å²) in [7, 11) is 2.20. The second kappa shape index (κ2) is 14.5. The molecule has 3 unspecified atom stereocenters. The molecule has 0 aliphatic heterocycles. The van der Waals surface area contributed by atoms with Crippen molar-refractivity contribution in [2.24, 2.45) is 22.7 Å². The third kappa shape index (κ3) is 10.8. The van der Waals surface area contributed by atoms with E-state index in [0.717, 1.165) is 30.5 Å². The highest BCUT2D eigenvalue weighted by molar-refractivity contribution is 5.34. The van der Waals surface area contributed by atoms with Crippen molar-refractivity contribution in [2.45, 2.75) is 120 Å². The fourth-order valence-electron chi connectivity index (χ4n) is 5.47. The molecular formula is C36H62N2. The highest BCUT2D eigenvalue weighted by Gasteiger charge is 2.34. The lowest BCUT2D eigenvalue weighted by Gasteiger charge is -2.42. The molecule has 0 heterocycles. The van der Waals surface area contributed by atoms with Crippen molar-refractivity contribution in [3.05, 3.63) is 72.0 Å². The molecule has 1 rings (SSSR count). The first-order valence-corrected chi connectivity index (χ1v) is 14.9. The average molecular weight is 523 g/mol. The summed E-state index contributed by atoms with van der Waals surface area (Å²) in [5.41, 5.74) is 8.11. The Morgan fingerprint density at radius 3 is 2.05 bits per heavy atom. The first kappa shape index (κ1) is 34.2. The number of rotatable bonds is 14. The van der Waals surface area contributed by atoms with Crippen LogP contribution in [0.1, 0.15) is 108 Å². The minimum Gasteiger partial charge on any atom is -0.371 e. The van der Waals surface area contributed by atoms with Gasteiger partial charge in [0.25, 0.3) is 0 Å². The predicted molar refractivity (Wildman–Crippen MR) is 172 cm³/mol. The molecule has 0 aromatic carbocycles. The van der Waals surface area contributed by atoms with E-state index in [0.29, 0.717) is 17.3 Å². The maximum Gasteiger partial charge on any atom is 0.0496 e.